The lowest BCUT2D eigenvalue weighted by Crippen LogP contribution is -2.72. The lowest BCUT2D eigenvalue weighted by molar-refractivity contribution is -0.174. The summed E-state index contributed by atoms with van der Waals surface area (Å²) in [4.78, 5) is 62.8. The maximum absolute atomic E-state index is 13.5. The van der Waals surface area contributed by atoms with Gasteiger partial charge >= 0.3 is 11.9 Å². The number of fused-ring (bicyclic) bond motifs is 1. The van der Waals surface area contributed by atoms with E-state index in [1.165, 1.54) is 16.7 Å². The van der Waals surface area contributed by atoms with Gasteiger partial charge in [-0.15, -0.1) is 0 Å². The van der Waals surface area contributed by atoms with Gasteiger partial charge in [0.15, 0.2) is 5.13 Å². The normalized spacial score (nSPS) is 18.4. The molecule has 0 aromatic carbocycles. The highest BCUT2D eigenvalue weighted by atomic mass is 32.2. The second kappa shape index (κ2) is 14.4. The van der Waals surface area contributed by atoms with Crippen molar-refractivity contribution in [2.45, 2.75) is 56.3 Å². The number of hydrogen-bond donors (Lipinski definition) is 4. The molecule has 18 heteroatoms. The van der Waals surface area contributed by atoms with Crippen molar-refractivity contribution in [1.82, 2.24) is 24.6 Å². The van der Waals surface area contributed by atoms with Crippen molar-refractivity contribution in [1.29, 1.82) is 0 Å². The summed E-state index contributed by atoms with van der Waals surface area (Å²) in [6.07, 6.45) is 4.17. The van der Waals surface area contributed by atoms with Crippen LogP contribution in [0.4, 0.5) is 5.13 Å². The quantitative estimate of drug-likeness (QED) is 0.0480. The Morgan fingerprint density at radius 2 is 2.07 bits per heavy atom. The Labute approximate surface area is 265 Å². The van der Waals surface area contributed by atoms with Gasteiger partial charge in [0.05, 0.1) is 11.5 Å². The Bertz CT molecular complexity index is 1490. The highest BCUT2D eigenvalue weighted by Crippen LogP contribution is 2.44. The number of carbonyl (C=O) groups is 4. The fraction of sp³-hybridized carbons (Fsp3) is 0.462. The summed E-state index contributed by atoms with van der Waals surface area (Å²) < 4.78 is 14.3. The number of nitrogens with one attached hydrogen (secondary N) is 1. The number of nitrogens with zero attached hydrogens (tertiary/aromatic N) is 5. The maximum atomic E-state index is 13.5. The van der Waals surface area contributed by atoms with Crippen molar-refractivity contribution in [3.8, 4) is 0 Å². The lowest BCUT2D eigenvalue weighted by atomic mass is 9.86. The van der Waals surface area contributed by atoms with E-state index in [0.717, 1.165) is 27.7 Å². The standard InChI is InChI=1S/C26H32N8O7S3/c1-26(2,3)24(38)41-12-40-23(37)19-16(43-15-6-8-29-10-13(15)11-42-9-7-27)5-4-14-17(22(36)34(14)19)30-21(35)18(32-39)20-31-25(28)44-33-20/h6,8,10,14,17,39H,4-5,7,9,11-12,27H2,1-3H3,(H,30,35)(H2,28,31,33)/b32-18-/t14-,17+/m1/s1. The summed E-state index contributed by atoms with van der Waals surface area (Å²) >= 11 is 3.78. The number of pyridine rings is 1. The van der Waals surface area contributed by atoms with Gasteiger partial charge in [0.25, 0.3) is 11.8 Å². The van der Waals surface area contributed by atoms with Crippen molar-refractivity contribution in [3.63, 3.8) is 0 Å². The van der Waals surface area contributed by atoms with E-state index in [4.69, 9.17) is 20.9 Å². The van der Waals surface area contributed by atoms with Crippen LogP contribution in [0, 0.1) is 5.41 Å². The molecule has 1 fully saturated rings. The molecule has 15 nitrogen and oxygen atoms in total. The number of β-lactam (4-membered cyclic amide) rings is 1. The largest absolute Gasteiger partial charge is 0.427 e. The molecule has 2 aliphatic heterocycles. The zero-order valence-electron chi connectivity index (χ0n) is 24.1. The van der Waals surface area contributed by atoms with E-state index >= 15 is 0 Å². The predicted octanol–water partition coefficient (Wildman–Crippen LogP) is 1.47. The number of anilines is 1. The van der Waals surface area contributed by atoms with Gasteiger partial charge in [0.1, 0.15) is 11.7 Å². The van der Waals surface area contributed by atoms with Crippen molar-refractivity contribution in [3.05, 3.63) is 40.5 Å². The van der Waals surface area contributed by atoms with Gasteiger partial charge in [-0.1, -0.05) is 16.9 Å². The minimum atomic E-state index is -1.02. The zero-order valence-corrected chi connectivity index (χ0v) is 26.6. The first kappa shape index (κ1) is 33.2. The lowest BCUT2D eigenvalue weighted by Gasteiger charge is -2.50. The molecular formula is C26H32N8O7S3. The summed E-state index contributed by atoms with van der Waals surface area (Å²) in [5, 5.41) is 15.0. The minimum Gasteiger partial charge on any atom is -0.427 e. The predicted molar refractivity (Wildman–Crippen MR) is 163 cm³/mol. The van der Waals surface area contributed by atoms with E-state index in [1.807, 2.05) is 6.07 Å². The average molecular weight is 665 g/mol. The molecule has 0 bridgehead atoms. The number of ether oxygens (including phenoxy) is 2. The van der Waals surface area contributed by atoms with Crippen LogP contribution in [0.1, 0.15) is 45.0 Å². The van der Waals surface area contributed by atoms with Gasteiger partial charge in [-0.2, -0.15) is 21.1 Å². The Kier molecular flexibility index (Phi) is 10.8. The van der Waals surface area contributed by atoms with E-state index in [-0.39, 0.29) is 16.7 Å². The summed E-state index contributed by atoms with van der Waals surface area (Å²) in [6.45, 7) is 4.89. The molecule has 1 saturated heterocycles. The van der Waals surface area contributed by atoms with Gasteiger partial charge in [0.2, 0.25) is 18.3 Å². The second-order valence-corrected chi connectivity index (χ2v) is 13.6. The van der Waals surface area contributed by atoms with Crippen LogP contribution >= 0.6 is 35.1 Å². The molecule has 6 N–H and O–H groups in total. The van der Waals surface area contributed by atoms with Gasteiger partial charge in [-0.05, 0) is 45.2 Å². The number of aromatic nitrogens is 3. The molecule has 2 aromatic rings. The van der Waals surface area contributed by atoms with Crippen molar-refractivity contribution < 1.29 is 33.9 Å². The van der Waals surface area contributed by atoms with Crippen LogP contribution in [0.15, 0.2) is 39.1 Å². The molecule has 0 radical (unpaired) electrons. The maximum Gasteiger partial charge on any atom is 0.358 e. The third kappa shape index (κ3) is 7.48. The number of oxime groups is 1. The molecule has 0 aliphatic carbocycles. The van der Waals surface area contributed by atoms with Gasteiger partial charge < -0.3 is 31.5 Å². The van der Waals surface area contributed by atoms with Crippen LogP contribution in [0.5, 0.6) is 0 Å². The summed E-state index contributed by atoms with van der Waals surface area (Å²) in [5.74, 6) is -1.66. The number of esters is 2. The Morgan fingerprint density at radius 1 is 1.30 bits per heavy atom. The average Bonchev–Trinajstić information content (AvgIpc) is 3.41. The summed E-state index contributed by atoms with van der Waals surface area (Å²) in [6, 6.07) is 0.208. The fourth-order valence-electron chi connectivity index (χ4n) is 4.29. The van der Waals surface area contributed by atoms with Gasteiger partial charge in [0, 0.05) is 51.8 Å². The van der Waals surface area contributed by atoms with Crippen LogP contribution in [-0.2, 0) is 34.4 Å². The van der Waals surface area contributed by atoms with E-state index in [2.05, 4.69) is 24.8 Å². The highest BCUT2D eigenvalue weighted by molar-refractivity contribution is 8.03. The number of thioether (sulfide) groups is 2. The summed E-state index contributed by atoms with van der Waals surface area (Å²) in [5.41, 5.74) is 10.8. The molecule has 2 aromatic heterocycles. The van der Waals surface area contributed by atoms with E-state index < -0.39 is 53.8 Å². The van der Waals surface area contributed by atoms with E-state index in [1.54, 1.807) is 44.9 Å². The van der Waals surface area contributed by atoms with E-state index in [9.17, 15) is 24.4 Å². The fourth-order valence-corrected chi connectivity index (χ4v) is 6.73. The van der Waals surface area contributed by atoms with Crippen LogP contribution in [-0.4, -0.2) is 85.1 Å². The Morgan fingerprint density at radius 3 is 2.73 bits per heavy atom. The topological polar surface area (TPSA) is 225 Å². The number of carbonyl (C=O) groups excluding carboxylic acids is 4. The molecule has 4 rings (SSSR count). The number of rotatable bonds is 12. The zero-order chi connectivity index (χ0) is 32.0. The summed E-state index contributed by atoms with van der Waals surface area (Å²) in [7, 11) is 0. The number of amides is 2. The molecular weight excluding hydrogens is 633 g/mol. The van der Waals surface area contributed by atoms with Crippen LogP contribution in [0.25, 0.3) is 0 Å². The number of allylic oxidation sites excluding steroid dienone is 1. The first-order chi connectivity index (χ1) is 21.0. The molecule has 236 valence electrons. The smallest absolute Gasteiger partial charge is 0.358 e. The second-order valence-electron chi connectivity index (χ2n) is 10.6. The molecule has 0 unspecified atom stereocenters. The molecule has 4 heterocycles. The highest BCUT2D eigenvalue weighted by Gasteiger charge is 2.54. The molecule has 44 heavy (non-hydrogen) atoms. The Hall–Kier alpha value is -3.74. The molecule has 2 aliphatic rings. The molecule has 2 atom stereocenters. The first-order valence-corrected chi connectivity index (χ1v) is 16.1. The van der Waals surface area contributed by atoms with Crippen LogP contribution < -0.4 is 16.8 Å². The number of hydrogen-bond acceptors (Lipinski definition) is 16. The molecule has 0 saturated carbocycles. The monoisotopic (exact) mass is 664 g/mol. The molecule has 0 spiro atoms. The van der Waals surface area contributed by atoms with Crippen molar-refractivity contribution in [2.24, 2.45) is 16.3 Å². The minimum absolute atomic E-state index is 0.00378. The third-order valence-corrected chi connectivity index (χ3v) is 9.29. The van der Waals surface area contributed by atoms with Crippen LogP contribution in [0.3, 0.4) is 0 Å². The van der Waals surface area contributed by atoms with Crippen molar-refractivity contribution in [2.75, 3.05) is 24.8 Å². The van der Waals surface area contributed by atoms with Crippen molar-refractivity contribution >= 4 is 69.7 Å². The number of nitrogen functional groups attached to an aromatic ring is 1. The first-order valence-electron chi connectivity index (χ1n) is 13.4. The SMILES string of the molecule is CC(C)(C)C(=O)OCOC(=O)C1=C(Sc2ccncc2CSCCN)CC[C@@H]2[C@H](NC(=O)/C(=N\O)c3nsc(N)n3)C(=O)N12. The Balaban J connectivity index is 1.57. The van der Waals surface area contributed by atoms with Crippen LogP contribution in [0.2, 0.25) is 0 Å². The van der Waals surface area contributed by atoms with Gasteiger partial charge in [-0.25, -0.2) is 4.79 Å². The van der Waals surface area contributed by atoms with Gasteiger partial charge in [-0.3, -0.25) is 24.3 Å². The third-order valence-electron chi connectivity index (χ3n) is 6.44. The van der Waals surface area contributed by atoms with E-state index in [0.29, 0.717) is 30.0 Å². The number of nitrogens with two attached hydrogens (primary N) is 2. The molecule has 2 amide bonds.